The van der Waals surface area contributed by atoms with Crippen LogP contribution in [0.25, 0.3) is 0 Å². The first-order valence-electron chi connectivity index (χ1n) is 6.49. The van der Waals surface area contributed by atoms with Gasteiger partial charge in [-0.25, -0.2) is 0 Å². The van der Waals surface area contributed by atoms with Crippen LogP contribution in [0.2, 0.25) is 0 Å². The summed E-state index contributed by atoms with van der Waals surface area (Å²) in [5.41, 5.74) is 0.606. The summed E-state index contributed by atoms with van der Waals surface area (Å²) >= 11 is 0. The fourth-order valence-corrected chi connectivity index (χ4v) is 2.92. The fourth-order valence-electron chi connectivity index (χ4n) is 2.92. The second kappa shape index (κ2) is 4.02. The molecule has 1 N–H and O–H groups in total. The van der Waals surface area contributed by atoms with Gasteiger partial charge in [0.1, 0.15) is 0 Å². The van der Waals surface area contributed by atoms with Crippen LogP contribution in [0, 0.1) is 5.41 Å². The summed E-state index contributed by atoms with van der Waals surface area (Å²) < 4.78 is 0. The molecule has 0 aliphatic carbocycles. The van der Waals surface area contributed by atoms with E-state index in [1.807, 2.05) is 0 Å². The number of likely N-dealkylation sites (tertiary alicyclic amines) is 1. The Balaban J connectivity index is 1.94. The molecule has 1 spiro atoms. The van der Waals surface area contributed by atoms with E-state index in [2.05, 4.69) is 31.0 Å². The molecule has 0 bridgehead atoms. The van der Waals surface area contributed by atoms with Gasteiger partial charge in [0.25, 0.3) is 0 Å². The number of piperidine rings is 1. The third-order valence-corrected chi connectivity index (χ3v) is 4.74. The molecule has 2 heterocycles. The Kier molecular flexibility index (Phi) is 2.99. The molecule has 0 unspecified atom stereocenters. The van der Waals surface area contributed by atoms with Crippen LogP contribution in [-0.2, 0) is 4.79 Å². The van der Waals surface area contributed by atoms with E-state index in [0.717, 1.165) is 26.1 Å². The maximum atomic E-state index is 11.3. The minimum Gasteiger partial charge on any atom is -0.356 e. The Labute approximate surface area is 98.6 Å². The molecule has 0 aromatic carbocycles. The SMILES string of the molecule is CCC(C)(C)N1CCC2(CC1)CNC(=O)C2. The first-order chi connectivity index (χ1) is 7.47. The molecule has 2 aliphatic heterocycles. The first kappa shape index (κ1) is 11.9. The number of carbonyl (C=O) groups is 1. The van der Waals surface area contributed by atoms with Crippen LogP contribution in [0.3, 0.4) is 0 Å². The highest BCUT2D eigenvalue weighted by Gasteiger charge is 2.42. The van der Waals surface area contributed by atoms with Gasteiger partial charge in [0.05, 0.1) is 0 Å². The molecule has 2 rings (SSSR count). The van der Waals surface area contributed by atoms with Gasteiger partial charge in [0, 0.05) is 18.5 Å². The van der Waals surface area contributed by atoms with Crippen molar-refractivity contribution in [3.8, 4) is 0 Å². The highest BCUT2D eigenvalue weighted by molar-refractivity contribution is 5.79. The molecular weight excluding hydrogens is 200 g/mol. The normalized spacial score (nSPS) is 26.1. The Morgan fingerprint density at radius 2 is 2.00 bits per heavy atom. The van der Waals surface area contributed by atoms with Gasteiger partial charge in [0.2, 0.25) is 5.91 Å². The Bertz CT molecular complexity index is 278. The molecule has 3 nitrogen and oxygen atoms in total. The third kappa shape index (κ3) is 2.10. The molecular formula is C13H24N2O. The van der Waals surface area contributed by atoms with E-state index in [1.54, 1.807) is 0 Å². The average molecular weight is 224 g/mol. The second-order valence-electron chi connectivity index (χ2n) is 6.11. The van der Waals surface area contributed by atoms with E-state index < -0.39 is 0 Å². The zero-order chi connectivity index (χ0) is 11.8. The summed E-state index contributed by atoms with van der Waals surface area (Å²) in [4.78, 5) is 13.9. The van der Waals surface area contributed by atoms with Crippen molar-refractivity contribution in [3.63, 3.8) is 0 Å². The van der Waals surface area contributed by atoms with Crippen molar-refractivity contribution in [2.45, 2.75) is 52.0 Å². The Morgan fingerprint density at radius 3 is 2.44 bits per heavy atom. The summed E-state index contributed by atoms with van der Waals surface area (Å²) in [6.45, 7) is 10.1. The molecule has 92 valence electrons. The highest BCUT2D eigenvalue weighted by atomic mass is 16.1. The molecule has 0 aromatic rings. The average Bonchev–Trinajstić information content (AvgIpc) is 2.61. The quantitative estimate of drug-likeness (QED) is 0.775. The minimum absolute atomic E-state index is 0.253. The van der Waals surface area contributed by atoms with Gasteiger partial charge in [-0.3, -0.25) is 9.69 Å². The Morgan fingerprint density at radius 1 is 1.38 bits per heavy atom. The molecule has 2 saturated heterocycles. The number of nitrogens with zero attached hydrogens (tertiary/aromatic N) is 1. The smallest absolute Gasteiger partial charge is 0.220 e. The molecule has 0 radical (unpaired) electrons. The topological polar surface area (TPSA) is 32.3 Å². The van der Waals surface area contributed by atoms with Crippen LogP contribution in [-0.4, -0.2) is 36.0 Å². The monoisotopic (exact) mass is 224 g/mol. The van der Waals surface area contributed by atoms with Gasteiger partial charge in [-0.15, -0.1) is 0 Å². The lowest BCUT2D eigenvalue weighted by atomic mass is 9.76. The van der Waals surface area contributed by atoms with Gasteiger partial charge >= 0.3 is 0 Å². The van der Waals surface area contributed by atoms with Crippen LogP contribution in [0.4, 0.5) is 0 Å². The summed E-state index contributed by atoms with van der Waals surface area (Å²) in [7, 11) is 0. The predicted octanol–water partition coefficient (Wildman–Crippen LogP) is 1.78. The summed E-state index contributed by atoms with van der Waals surface area (Å²) in [6.07, 6.45) is 4.30. The van der Waals surface area contributed by atoms with Crippen molar-refractivity contribution in [3.05, 3.63) is 0 Å². The molecule has 3 heteroatoms. The van der Waals surface area contributed by atoms with E-state index in [4.69, 9.17) is 0 Å². The Hall–Kier alpha value is -0.570. The first-order valence-corrected chi connectivity index (χ1v) is 6.49. The van der Waals surface area contributed by atoms with Crippen molar-refractivity contribution in [2.75, 3.05) is 19.6 Å². The lowest BCUT2D eigenvalue weighted by Crippen LogP contribution is -2.50. The van der Waals surface area contributed by atoms with E-state index >= 15 is 0 Å². The van der Waals surface area contributed by atoms with E-state index in [-0.39, 0.29) is 11.3 Å². The molecule has 0 aromatic heterocycles. The van der Waals surface area contributed by atoms with Crippen LogP contribution in [0.1, 0.15) is 46.5 Å². The van der Waals surface area contributed by atoms with Crippen LogP contribution < -0.4 is 5.32 Å². The summed E-state index contributed by atoms with van der Waals surface area (Å²) in [5, 5.41) is 2.99. The number of hydrogen-bond acceptors (Lipinski definition) is 2. The van der Waals surface area contributed by atoms with Crippen molar-refractivity contribution >= 4 is 5.91 Å². The summed E-state index contributed by atoms with van der Waals surface area (Å²) in [5.74, 6) is 0.253. The van der Waals surface area contributed by atoms with Gasteiger partial charge in [0.15, 0.2) is 0 Å². The molecule has 2 aliphatic rings. The second-order valence-corrected chi connectivity index (χ2v) is 6.11. The van der Waals surface area contributed by atoms with E-state index in [9.17, 15) is 4.79 Å². The van der Waals surface area contributed by atoms with Crippen molar-refractivity contribution in [1.29, 1.82) is 0 Å². The molecule has 2 fully saturated rings. The van der Waals surface area contributed by atoms with Gasteiger partial charge < -0.3 is 5.32 Å². The standard InChI is InChI=1S/C13H24N2O/c1-4-12(2,3)15-7-5-13(6-8-15)9-11(16)14-10-13/h4-10H2,1-3H3,(H,14,16). The molecule has 0 atom stereocenters. The van der Waals surface area contributed by atoms with Gasteiger partial charge in [-0.2, -0.15) is 0 Å². The third-order valence-electron chi connectivity index (χ3n) is 4.74. The van der Waals surface area contributed by atoms with Crippen LogP contribution in [0.5, 0.6) is 0 Å². The number of amides is 1. The lowest BCUT2D eigenvalue weighted by Gasteiger charge is -2.45. The van der Waals surface area contributed by atoms with Crippen LogP contribution >= 0.6 is 0 Å². The zero-order valence-corrected chi connectivity index (χ0v) is 10.8. The van der Waals surface area contributed by atoms with Gasteiger partial charge in [-0.05, 0) is 51.6 Å². The maximum absolute atomic E-state index is 11.3. The van der Waals surface area contributed by atoms with Crippen molar-refractivity contribution in [1.82, 2.24) is 10.2 Å². The van der Waals surface area contributed by atoms with E-state index in [0.29, 0.717) is 5.54 Å². The van der Waals surface area contributed by atoms with Crippen molar-refractivity contribution in [2.24, 2.45) is 5.41 Å². The number of hydrogen-bond donors (Lipinski definition) is 1. The zero-order valence-electron chi connectivity index (χ0n) is 10.8. The lowest BCUT2D eigenvalue weighted by molar-refractivity contribution is -0.119. The molecule has 1 amide bonds. The number of nitrogens with one attached hydrogen (secondary N) is 1. The number of rotatable bonds is 2. The van der Waals surface area contributed by atoms with Gasteiger partial charge in [-0.1, -0.05) is 6.92 Å². The van der Waals surface area contributed by atoms with Crippen LogP contribution in [0.15, 0.2) is 0 Å². The fraction of sp³-hybridized carbons (Fsp3) is 0.923. The highest BCUT2D eigenvalue weighted by Crippen LogP contribution is 2.39. The predicted molar refractivity (Wildman–Crippen MR) is 65.2 cm³/mol. The van der Waals surface area contributed by atoms with E-state index in [1.165, 1.54) is 19.3 Å². The molecule has 0 saturated carbocycles. The number of carbonyl (C=O) groups excluding carboxylic acids is 1. The summed E-state index contributed by atoms with van der Waals surface area (Å²) in [6, 6.07) is 0. The minimum atomic E-state index is 0.253. The van der Waals surface area contributed by atoms with Crippen molar-refractivity contribution < 1.29 is 4.79 Å². The largest absolute Gasteiger partial charge is 0.356 e. The maximum Gasteiger partial charge on any atom is 0.220 e. The molecule has 16 heavy (non-hydrogen) atoms.